The summed E-state index contributed by atoms with van der Waals surface area (Å²) >= 11 is 6.31. The average molecular weight is 612 g/mol. The van der Waals surface area contributed by atoms with E-state index in [4.69, 9.17) is 26.7 Å². The number of hydrogen-bond acceptors (Lipinski definition) is 8. The molecule has 1 spiro atoms. The third-order valence-electron chi connectivity index (χ3n) is 7.78. The SMILES string of the molecule is CC(C)(C)[S+]([O-])/N=C1\c2ccccc2CC12CCN(c1nc(CF)c(Sc3ccnc(N)c3Cl)c3nccn13)CC2. The zero-order valence-electron chi connectivity index (χ0n) is 23.1. The van der Waals surface area contributed by atoms with Gasteiger partial charge in [0, 0.05) is 47.6 Å². The van der Waals surface area contributed by atoms with Crippen molar-refractivity contribution in [3.8, 4) is 0 Å². The van der Waals surface area contributed by atoms with Crippen molar-refractivity contribution < 1.29 is 8.94 Å². The lowest BCUT2D eigenvalue weighted by Gasteiger charge is -2.40. The van der Waals surface area contributed by atoms with Gasteiger partial charge in [0.15, 0.2) is 5.65 Å². The third kappa shape index (κ3) is 5.07. The van der Waals surface area contributed by atoms with Crippen LogP contribution in [0.2, 0.25) is 5.02 Å². The Morgan fingerprint density at radius 1 is 1.17 bits per heavy atom. The first kappa shape index (κ1) is 28.3. The van der Waals surface area contributed by atoms with Gasteiger partial charge in [0.2, 0.25) is 5.95 Å². The second-order valence-corrected chi connectivity index (χ2v) is 14.8. The van der Waals surface area contributed by atoms with Gasteiger partial charge in [-0.25, -0.2) is 19.3 Å². The quantitative estimate of drug-likeness (QED) is 0.273. The summed E-state index contributed by atoms with van der Waals surface area (Å²) in [5.41, 5.74) is 9.90. The second-order valence-electron chi connectivity index (χ2n) is 11.5. The van der Waals surface area contributed by atoms with Crippen molar-refractivity contribution in [2.75, 3.05) is 23.7 Å². The number of fused-ring (bicyclic) bond motifs is 2. The number of aromatic nitrogens is 4. The Balaban J connectivity index is 1.33. The molecule has 4 aromatic rings. The fourth-order valence-corrected chi connectivity index (χ4v) is 7.55. The Morgan fingerprint density at radius 3 is 2.66 bits per heavy atom. The molecule has 41 heavy (non-hydrogen) atoms. The lowest BCUT2D eigenvalue weighted by atomic mass is 9.74. The molecule has 0 radical (unpaired) electrons. The van der Waals surface area contributed by atoms with Gasteiger partial charge in [-0.2, -0.15) is 0 Å². The first-order valence-electron chi connectivity index (χ1n) is 13.5. The summed E-state index contributed by atoms with van der Waals surface area (Å²) in [5.74, 6) is 0.866. The molecule has 0 saturated carbocycles. The highest BCUT2D eigenvalue weighted by Crippen LogP contribution is 2.47. The van der Waals surface area contributed by atoms with Gasteiger partial charge in [-0.05, 0) is 51.7 Å². The van der Waals surface area contributed by atoms with E-state index in [0.29, 0.717) is 45.2 Å². The monoisotopic (exact) mass is 611 g/mol. The van der Waals surface area contributed by atoms with Crippen LogP contribution >= 0.6 is 23.4 Å². The van der Waals surface area contributed by atoms with E-state index in [1.54, 1.807) is 18.5 Å². The van der Waals surface area contributed by atoms with Gasteiger partial charge >= 0.3 is 0 Å². The molecular weight excluding hydrogens is 581 g/mol. The zero-order valence-corrected chi connectivity index (χ0v) is 25.5. The Morgan fingerprint density at radius 2 is 1.93 bits per heavy atom. The van der Waals surface area contributed by atoms with E-state index in [1.165, 1.54) is 17.3 Å². The molecular formula is C29H31ClFN7OS2. The van der Waals surface area contributed by atoms with Crippen LogP contribution in [0.4, 0.5) is 16.2 Å². The number of nitrogen functional groups attached to an aromatic ring is 1. The first-order chi connectivity index (χ1) is 19.6. The van der Waals surface area contributed by atoms with E-state index in [1.807, 2.05) is 37.4 Å². The van der Waals surface area contributed by atoms with E-state index in [2.05, 4.69) is 33.1 Å². The smallest absolute Gasteiger partial charge is 0.211 e. The van der Waals surface area contributed by atoms with Gasteiger partial charge in [0.05, 0.1) is 15.6 Å². The predicted octanol–water partition coefficient (Wildman–Crippen LogP) is 6.07. The number of pyridine rings is 1. The number of anilines is 2. The number of halogens is 2. The highest BCUT2D eigenvalue weighted by molar-refractivity contribution is 7.99. The molecule has 0 bridgehead atoms. The van der Waals surface area contributed by atoms with Crippen LogP contribution in [0.1, 0.15) is 50.4 Å². The molecule has 6 rings (SSSR count). The number of imidazole rings is 1. The van der Waals surface area contributed by atoms with Crippen LogP contribution < -0.4 is 10.6 Å². The summed E-state index contributed by atoms with van der Waals surface area (Å²) < 4.78 is 34.0. The molecule has 0 amide bonds. The van der Waals surface area contributed by atoms with Crippen molar-refractivity contribution in [1.82, 2.24) is 19.4 Å². The van der Waals surface area contributed by atoms with Crippen molar-refractivity contribution >= 4 is 57.8 Å². The molecule has 1 fully saturated rings. The van der Waals surface area contributed by atoms with Gasteiger partial charge < -0.3 is 15.2 Å². The van der Waals surface area contributed by atoms with Crippen LogP contribution in [0.25, 0.3) is 5.65 Å². The summed E-state index contributed by atoms with van der Waals surface area (Å²) in [6.45, 7) is 6.49. The normalized spacial score (nSPS) is 18.4. The molecule has 1 aromatic carbocycles. The zero-order chi connectivity index (χ0) is 28.9. The van der Waals surface area contributed by atoms with Crippen molar-refractivity contribution in [2.24, 2.45) is 9.81 Å². The summed E-state index contributed by atoms with van der Waals surface area (Å²) in [4.78, 5) is 16.8. The van der Waals surface area contributed by atoms with Crippen molar-refractivity contribution in [2.45, 2.75) is 61.2 Å². The number of nitrogens with zero attached hydrogens (tertiary/aromatic N) is 6. The van der Waals surface area contributed by atoms with E-state index in [0.717, 1.165) is 30.5 Å². The van der Waals surface area contributed by atoms with E-state index in [9.17, 15) is 8.94 Å². The number of benzene rings is 1. The Kier molecular flexibility index (Phi) is 7.42. The minimum atomic E-state index is -1.36. The molecule has 4 heterocycles. The van der Waals surface area contributed by atoms with Gasteiger partial charge in [-0.1, -0.05) is 52.0 Å². The van der Waals surface area contributed by atoms with Crippen molar-refractivity contribution in [1.29, 1.82) is 0 Å². The molecule has 2 aliphatic rings. The molecule has 1 aliphatic heterocycles. The fraction of sp³-hybridized carbons (Fsp3) is 0.379. The van der Waals surface area contributed by atoms with Crippen LogP contribution in [0, 0.1) is 5.41 Å². The number of hydrogen-bond donors (Lipinski definition) is 1. The third-order valence-corrected chi connectivity index (χ3v) is 10.9. The molecule has 1 unspecified atom stereocenters. The molecule has 3 aromatic heterocycles. The number of piperidine rings is 1. The molecule has 1 aliphatic carbocycles. The van der Waals surface area contributed by atoms with E-state index in [-0.39, 0.29) is 11.2 Å². The predicted molar refractivity (Wildman–Crippen MR) is 164 cm³/mol. The molecule has 12 heteroatoms. The minimum Gasteiger partial charge on any atom is -0.591 e. The van der Waals surface area contributed by atoms with Crippen LogP contribution in [0.3, 0.4) is 0 Å². The van der Waals surface area contributed by atoms with Gasteiger partial charge in [-0.3, -0.25) is 4.40 Å². The van der Waals surface area contributed by atoms with Crippen LogP contribution in [-0.2, 0) is 24.5 Å². The molecule has 214 valence electrons. The van der Waals surface area contributed by atoms with Gasteiger partial charge in [-0.15, -0.1) is 0 Å². The fourth-order valence-electron chi connectivity index (χ4n) is 5.59. The minimum absolute atomic E-state index is 0.202. The number of nitrogens with two attached hydrogens (primary N) is 1. The van der Waals surface area contributed by atoms with Crippen LogP contribution in [0.15, 0.2) is 63.1 Å². The standard InChI is InChI=1S/C29H31ClFN7OS2/c1-28(2,3)41(39)36-24-19-7-5-4-6-18(19)16-29(24)9-13-37(14-10-29)27-35-20(17-31)23(26-34-12-15-38(26)27)40-21-8-11-33-25(32)22(21)30/h4-8,11-12,15H,9-10,13-14,16-17H2,1-3H3,(H2,32,33)/b36-24+. The Hall–Kier alpha value is -2.86. The molecule has 1 atom stereocenters. The topological polar surface area (TPSA) is 108 Å². The number of rotatable bonds is 5. The van der Waals surface area contributed by atoms with Gasteiger partial charge in [0.25, 0.3) is 0 Å². The second kappa shape index (κ2) is 10.8. The maximum atomic E-state index is 14.5. The molecule has 1 saturated heterocycles. The summed E-state index contributed by atoms with van der Waals surface area (Å²) in [6.07, 6.45) is 7.61. The first-order valence-corrected chi connectivity index (χ1v) is 15.8. The Bertz CT molecular complexity index is 1650. The van der Waals surface area contributed by atoms with Crippen molar-refractivity contribution in [3.63, 3.8) is 0 Å². The van der Waals surface area contributed by atoms with Crippen LogP contribution in [-0.4, -0.2) is 47.5 Å². The van der Waals surface area contributed by atoms with Crippen LogP contribution in [0.5, 0.6) is 0 Å². The molecule has 8 nitrogen and oxygen atoms in total. The van der Waals surface area contributed by atoms with Crippen molar-refractivity contribution in [3.05, 3.63) is 70.8 Å². The maximum Gasteiger partial charge on any atom is 0.211 e. The highest BCUT2D eigenvalue weighted by Gasteiger charge is 2.47. The van der Waals surface area contributed by atoms with E-state index < -0.39 is 22.8 Å². The largest absolute Gasteiger partial charge is 0.591 e. The highest BCUT2D eigenvalue weighted by atomic mass is 35.5. The Labute approximate surface area is 251 Å². The van der Waals surface area contributed by atoms with Gasteiger partial charge in [0.1, 0.15) is 34.3 Å². The number of alkyl halides is 1. The maximum absolute atomic E-state index is 14.5. The molecule has 2 N–H and O–H groups in total. The lowest BCUT2D eigenvalue weighted by Crippen LogP contribution is -2.45. The summed E-state index contributed by atoms with van der Waals surface area (Å²) in [6, 6.07) is 10.1. The lowest BCUT2D eigenvalue weighted by molar-refractivity contribution is 0.328. The van der Waals surface area contributed by atoms with E-state index >= 15 is 0 Å². The summed E-state index contributed by atoms with van der Waals surface area (Å²) in [7, 11) is 0. The average Bonchev–Trinajstić information content (AvgIpc) is 3.55. The summed E-state index contributed by atoms with van der Waals surface area (Å²) in [5, 5.41) is 0.319.